The summed E-state index contributed by atoms with van der Waals surface area (Å²) in [7, 11) is -3.82. The maximum Gasteiger partial charge on any atom is 0.326 e. The van der Waals surface area contributed by atoms with E-state index in [4.69, 9.17) is 5.11 Å². The number of hydrogen-bond donors (Lipinski definition) is 3. The van der Waals surface area contributed by atoms with Crippen LogP contribution in [0.4, 0.5) is 0 Å². The molecule has 0 heterocycles. The highest BCUT2D eigenvalue weighted by Gasteiger charge is 2.23. The van der Waals surface area contributed by atoms with Crippen molar-refractivity contribution in [3.8, 4) is 0 Å². The van der Waals surface area contributed by atoms with Crippen molar-refractivity contribution in [3.05, 3.63) is 29.8 Å². The van der Waals surface area contributed by atoms with Gasteiger partial charge in [-0.3, -0.25) is 9.59 Å². The molecule has 0 aliphatic heterocycles. The third-order valence-corrected chi connectivity index (χ3v) is 4.94. The molecule has 3 N–H and O–H groups in total. The number of carboxylic acids is 1. The average Bonchev–Trinajstić information content (AvgIpc) is 2.51. The fourth-order valence-electron chi connectivity index (χ4n) is 2.01. The van der Waals surface area contributed by atoms with E-state index in [0.29, 0.717) is 5.56 Å². The van der Waals surface area contributed by atoms with Crippen molar-refractivity contribution in [2.45, 2.75) is 38.1 Å². The minimum absolute atomic E-state index is 0.0245. The van der Waals surface area contributed by atoms with Crippen molar-refractivity contribution in [2.75, 3.05) is 6.54 Å². The Morgan fingerprint density at radius 1 is 1.12 bits per heavy atom. The molecule has 0 bridgehead atoms. The summed E-state index contributed by atoms with van der Waals surface area (Å²) >= 11 is 0. The molecule has 1 aromatic rings. The first-order valence-electron chi connectivity index (χ1n) is 7.67. The van der Waals surface area contributed by atoms with Crippen LogP contribution in [0.2, 0.25) is 0 Å². The molecular formula is C16H22N2O6S. The molecule has 0 unspecified atom stereocenters. The lowest BCUT2D eigenvalue weighted by Crippen LogP contribution is -2.45. The molecule has 0 spiro atoms. The topological polar surface area (TPSA) is 130 Å². The van der Waals surface area contributed by atoms with Gasteiger partial charge >= 0.3 is 5.97 Å². The number of ketones is 1. The molecule has 25 heavy (non-hydrogen) atoms. The van der Waals surface area contributed by atoms with Gasteiger partial charge in [0.25, 0.3) is 0 Å². The van der Waals surface area contributed by atoms with Crippen LogP contribution in [0, 0.1) is 5.92 Å². The summed E-state index contributed by atoms with van der Waals surface area (Å²) in [5.41, 5.74) is 0.395. The van der Waals surface area contributed by atoms with Gasteiger partial charge in [0, 0.05) is 18.5 Å². The fourth-order valence-corrected chi connectivity index (χ4v) is 3.04. The Morgan fingerprint density at radius 2 is 1.68 bits per heavy atom. The number of carboxylic acid groups (broad SMARTS) is 1. The van der Waals surface area contributed by atoms with Crippen molar-refractivity contribution >= 4 is 27.7 Å². The van der Waals surface area contributed by atoms with Crippen LogP contribution in [0.15, 0.2) is 29.2 Å². The van der Waals surface area contributed by atoms with Gasteiger partial charge in [-0.2, -0.15) is 0 Å². The fraction of sp³-hybridized carbons (Fsp3) is 0.438. The van der Waals surface area contributed by atoms with Crippen molar-refractivity contribution in [1.82, 2.24) is 10.0 Å². The monoisotopic (exact) mass is 370 g/mol. The molecule has 0 aliphatic rings. The Balaban J connectivity index is 2.60. The molecule has 1 rings (SSSR count). The highest BCUT2D eigenvalue weighted by atomic mass is 32.2. The van der Waals surface area contributed by atoms with Crippen molar-refractivity contribution in [3.63, 3.8) is 0 Å². The third-order valence-electron chi connectivity index (χ3n) is 3.46. The smallest absolute Gasteiger partial charge is 0.326 e. The van der Waals surface area contributed by atoms with Crippen LogP contribution in [0.25, 0.3) is 0 Å². The van der Waals surface area contributed by atoms with Crippen LogP contribution in [0.5, 0.6) is 0 Å². The first kappa shape index (κ1) is 20.8. The highest BCUT2D eigenvalue weighted by molar-refractivity contribution is 7.89. The van der Waals surface area contributed by atoms with E-state index in [-0.39, 0.29) is 29.6 Å². The van der Waals surface area contributed by atoms with Crippen LogP contribution in [0.1, 0.15) is 37.6 Å². The quantitative estimate of drug-likeness (QED) is 0.551. The van der Waals surface area contributed by atoms with Crippen LogP contribution >= 0.6 is 0 Å². The van der Waals surface area contributed by atoms with Crippen LogP contribution in [0.3, 0.4) is 0 Å². The molecule has 8 nitrogen and oxygen atoms in total. The van der Waals surface area contributed by atoms with E-state index in [9.17, 15) is 22.8 Å². The third kappa shape index (κ3) is 6.28. The summed E-state index contributed by atoms with van der Waals surface area (Å²) in [6, 6.07) is 4.40. The number of aliphatic carboxylic acids is 1. The minimum atomic E-state index is -3.82. The SMILES string of the molecule is CC(=O)c1ccc(S(=O)(=O)NCCC(=O)N[C@H](C(=O)O)C(C)C)cc1. The molecule has 1 amide bonds. The van der Waals surface area contributed by atoms with E-state index in [1.54, 1.807) is 13.8 Å². The van der Waals surface area contributed by atoms with Crippen molar-refractivity contribution in [1.29, 1.82) is 0 Å². The molecule has 138 valence electrons. The van der Waals surface area contributed by atoms with Gasteiger partial charge < -0.3 is 10.4 Å². The molecule has 0 fully saturated rings. The number of hydrogen-bond acceptors (Lipinski definition) is 5. The van der Waals surface area contributed by atoms with Gasteiger partial charge in [0.1, 0.15) is 6.04 Å². The number of rotatable bonds is 9. The number of sulfonamides is 1. The predicted molar refractivity (Wildman–Crippen MR) is 90.7 cm³/mol. The lowest BCUT2D eigenvalue weighted by molar-refractivity contribution is -0.143. The van der Waals surface area contributed by atoms with E-state index in [1.165, 1.54) is 31.2 Å². The largest absolute Gasteiger partial charge is 0.480 e. The van der Waals surface area contributed by atoms with Gasteiger partial charge in [0.15, 0.2) is 5.78 Å². The normalized spacial score (nSPS) is 12.6. The number of carbonyl (C=O) groups excluding carboxylic acids is 2. The molecule has 0 radical (unpaired) electrons. The first-order chi connectivity index (χ1) is 11.5. The second kappa shape index (κ2) is 8.72. The maximum absolute atomic E-state index is 12.1. The summed E-state index contributed by atoms with van der Waals surface area (Å²) in [6.07, 6.45) is -0.193. The predicted octanol–water partition coefficient (Wildman–Crippen LogP) is 0.783. The molecular weight excluding hydrogens is 348 g/mol. The van der Waals surface area contributed by atoms with E-state index in [2.05, 4.69) is 10.0 Å². The van der Waals surface area contributed by atoms with Crippen LogP contribution in [-0.2, 0) is 19.6 Å². The van der Waals surface area contributed by atoms with Gasteiger partial charge in [-0.05, 0) is 25.0 Å². The molecule has 0 aromatic heterocycles. The highest BCUT2D eigenvalue weighted by Crippen LogP contribution is 2.11. The Labute approximate surface area is 146 Å². The van der Waals surface area contributed by atoms with Crippen LogP contribution in [-0.4, -0.2) is 43.8 Å². The number of Topliss-reactive ketones (excluding diaryl/α,β-unsaturated/α-hetero) is 1. The van der Waals surface area contributed by atoms with Gasteiger partial charge in [-0.25, -0.2) is 17.9 Å². The average molecular weight is 370 g/mol. The standard InChI is InChI=1S/C16H22N2O6S/c1-10(2)15(16(21)22)18-14(20)8-9-17-25(23,24)13-6-4-12(5-7-13)11(3)19/h4-7,10,15,17H,8-9H2,1-3H3,(H,18,20)(H,21,22)/t15-/m0/s1. The van der Waals surface area contributed by atoms with Crippen LogP contribution < -0.4 is 10.0 Å². The summed E-state index contributed by atoms with van der Waals surface area (Å²) in [5.74, 6) is -2.17. The van der Waals surface area contributed by atoms with Gasteiger partial charge in [-0.15, -0.1) is 0 Å². The Bertz CT molecular complexity index is 740. The van der Waals surface area contributed by atoms with Crippen molar-refractivity contribution < 1.29 is 27.9 Å². The summed E-state index contributed by atoms with van der Waals surface area (Å²) in [6.45, 7) is 4.52. The van der Waals surface area contributed by atoms with E-state index in [1.807, 2.05) is 0 Å². The summed E-state index contributed by atoms with van der Waals surface area (Å²) in [5, 5.41) is 11.4. The summed E-state index contributed by atoms with van der Waals surface area (Å²) in [4.78, 5) is 33.9. The van der Waals surface area contributed by atoms with Gasteiger partial charge in [-0.1, -0.05) is 26.0 Å². The Hall–Kier alpha value is -2.26. The van der Waals surface area contributed by atoms with E-state index >= 15 is 0 Å². The Morgan fingerprint density at radius 3 is 2.12 bits per heavy atom. The molecule has 0 saturated heterocycles. The van der Waals surface area contributed by atoms with E-state index < -0.39 is 27.9 Å². The lowest BCUT2D eigenvalue weighted by atomic mass is 10.0. The number of benzene rings is 1. The molecule has 9 heteroatoms. The lowest BCUT2D eigenvalue weighted by Gasteiger charge is -2.17. The molecule has 1 aromatic carbocycles. The molecule has 0 aliphatic carbocycles. The molecule has 1 atom stereocenters. The first-order valence-corrected chi connectivity index (χ1v) is 9.15. The zero-order valence-corrected chi connectivity index (χ0v) is 15.1. The zero-order valence-electron chi connectivity index (χ0n) is 14.3. The zero-order chi connectivity index (χ0) is 19.2. The number of carbonyl (C=O) groups is 3. The molecule has 0 saturated carbocycles. The second-order valence-electron chi connectivity index (χ2n) is 5.86. The Kier molecular flexibility index (Phi) is 7.25. The van der Waals surface area contributed by atoms with E-state index in [0.717, 1.165) is 0 Å². The van der Waals surface area contributed by atoms with Crippen molar-refractivity contribution in [2.24, 2.45) is 5.92 Å². The maximum atomic E-state index is 12.1. The van der Waals surface area contributed by atoms with Gasteiger partial charge in [0.05, 0.1) is 4.90 Å². The number of amides is 1. The number of nitrogens with one attached hydrogen (secondary N) is 2. The second-order valence-corrected chi connectivity index (χ2v) is 7.62. The minimum Gasteiger partial charge on any atom is -0.480 e. The summed E-state index contributed by atoms with van der Waals surface area (Å²) < 4.78 is 26.5. The van der Waals surface area contributed by atoms with Gasteiger partial charge in [0.2, 0.25) is 15.9 Å².